The lowest BCUT2D eigenvalue weighted by molar-refractivity contribution is 0.0946. The van der Waals surface area contributed by atoms with Crippen molar-refractivity contribution in [2.75, 3.05) is 0 Å². The molecule has 4 aromatic rings. The number of benzene rings is 2. The molecule has 2 aromatic carbocycles. The van der Waals surface area contributed by atoms with Crippen LogP contribution in [0, 0.1) is 0 Å². The maximum absolute atomic E-state index is 12.3. The monoisotopic (exact) mass is 324 g/mol. The van der Waals surface area contributed by atoms with E-state index in [2.05, 4.69) is 20.3 Å². The Hall–Kier alpha value is -2.79. The molecule has 0 saturated carbocycles. The molecular formula is C17H13ClN4O. The second-order valence-electron chi connectivity index (χ2n) is 5.30. The number of aromatic amines is 2. The van der Waals surface area contributed by atoms with Crippen molar-refractivity contribution in [3.63, 3.8) is 0 Å². The summed E-state index contributed by atoms with van der Waals surface area (Å²) in [6.45, 7) is 0.337. The minimum absolute atomic E-state index is 0.183. The molecule has 114 valence electrons. The fourth-order valence-corrected chi connectivity index (χ4v) is 2.75. The van der Waals surface area contributed by atoms with Gasteiger partial charge in [0.1, 0.15) is 11.5 Å². The summed E-state index contributed by atoms with van der Waals surface area (Å²) in [7, 11) is 0. The molecule has 23 heavy (non-hydrogen) atoms. The maximum atomic E-state index is 12.3. The highest BCUT2D eigenvalue weighted by Gasteiger charge is 2.10. The van der Waals surface area contributed by atoms with Crippen LogP contribution in [-0.2, 0) is 6.54 Å². The second kappa shape index (κ2) is 5.44. The van der Waals surface area contributed by atoms with Crippen LogP contribution >= 0.6 is 11.6 Å². The summed E-state index contributed by atoms with van der Waals surface area (Å²) in [4.78, 5) is 23.0. The van der Waals surface area contributed by atoms with Crippen molar-refractivity contribution < 1.29 is 4.79 Å². The van der Waals surface area contributed by atoms with E-state index in [0.29, 0.717) is 17.3 Å². The average molecular weight is 325 g/mol. The Kier molecular flexibility index (Phi) is 3.28. The Bertz CT molecular complexity index is 985. The summed E-state index contributed by atoms with van der Waals surface area (Å²) in [6.07, 6.45) is 0. The molecule has 0 aliphatic rings. The van der Waals surface area contributed by atoms with Gasteiger partial charge in [-0.1, -0.05) is 23.7 Å². The van der Waals surface area contributed by atoms with Crippen molar-refractivity contribution in [3.8, 4) is 0 Å². The van der Waals surface area contributed by atoms with Gasteiger partial charge in [0.15, 0.2) is 0 Å². The number of nitrogens with one attached hydrogen (secondary N) is 3. The van der Waals surface area contributed by atoms with E-state index >= 15 is 0 Å². The van der Waals surface area contributed by atoms with E-state index in [9.17, 15) is 4.79 Å². The highest BCUT2D eigenvalue weighted by molar-refractivity contribution is 6.31. The first-order valence-electron chi connectivity index (χ1n) is 7.19. The molecule has 0 fully saturated rings. The summed E-state index contributed by atoms with van der Waals surface area (Å²) in [6, 6.07) is 15.0. The smallest absolute Gasteiger partial charge is 0.268 e. The van der Waals surface area contributed by atoms with Gasteiger partial charge in [-0.05, 0) is 36.4 Å². The van der Waals surface area contributed by atoms with Crippen LogP contribution in [0.1, 0.15) is 16.3 Å². The van der Waals surface area contributed by atoms with Crippen molar-refractivity contribution in [2.45, 2.75) is 6.54 Å². The van der Waals surface area contributed by atoms with Gasteiger partial charge in [-0.2, -0.15) is 0 Å². The van der Waals surface area contributed by atoms with Crippen molar-refractivity contribution in [1.29, 1.82) is 0 Å². The van der Waals surface area contributed by atoms with Gasteiger partial charge in [0.25, 0.3) is 5.91 Å². The zero-order chi connectivity index (χ0) is 15.8. The van der Waals surface area contributed by atoms with Crippen LogP contribution in [0.5, 0.6) is 0 Å². The third kappa shape index (κ3) is 2.66. The molecule has 4 rings (SSSR count). The molecule has 0 aliphatic carbocycles. The Morgan fingerprint density at radius 1 is 1.09 bits per heavy atom. The van der Waals surface area contributed by atoms with Crippen molar-refractivity contribution in [2.24, 2.45) is 0 Å². The predicted molar refractivity (Wildman–Crippen MR) is 90.6 cm³/mol. The van der Waals surface area contributed by atoms with Crippen LogP contribution < -0.4 is 5.32 Å². The largest absolute Gasteiger partial charge is 0.351 e. The van der Waals surface area contributed by atoms with Gasteiger partial charge in [-0.3, -0.25) is 4.79 Å². The van der Waals surface area contributed by atoms with Crippen LogP contribution in [0.25, 0.3) is 21.9 Å². The lowest BCUT2D eigenvalue weighted by Crippen LogP contribution is -2.23. The number of hydrogen-bond donors (Lipinski definition) is 3. The number of nitrogens with zero attached hydrogens (tertiary/aromatic N) is 1. The van der Waals surface area contributed by atoms with Crippen molar-refractivity contribution >= 4 is 39.4 Å². The molecule has 0 aliphatic heterocycles. The van der Waals surface area contributed by atoms with Gasteiger partial charge in [0.2, 0.25) is 0 Å². The van der Waals surface area contributed by atoms with E-state index in [0.717, 1.165) is 27.8 Å². The molecule has 6 heteroatoms. The van der Waals surface area contributed by atoms with Crippen LogP contribution in [0.15, 0.2) is 48.5 Å². The van der Waals surface area contributed by atoms with E-state index in [1.165, 1.54) is 0 Å². The molecule has 0 unspecified atom stereocenters. The van der Waals surface area contributed by atoms with E-state index in [1.807, 2.05) is 36.4 Å². The fraction of sp³-hybridized carbons (Fsp3) is 0.0588. The van der Waals surface area contributed by atoms with Gasteiger partial charge < -0.3 is 15.3 Å². The number of fused-ring (bicyclic) bond motifs is 2. The number of imidazole rings is 1. The topological polar surface area (TPSA) is 73.6 Å². The minimum Gasteiger partial charge on any atom is -0.351 e. The van der Waals surface area contributed by atoms with E-state index in [1.54, 1.807) is 12.1 Å². The third-order valence-corrected chi connectivity index (χ3v) is 3.92. The molecule has 0 bridgehead atoms. The lowest BCUT2D eigenvalue weighted by atomic mass is 10.2. The zero-order valence-corrected chi connectivity index (χ0v) is 12.8. The fourth-order valence-electron chi connectivity index (χ4n) is 2.57. The van der Waals surface area contributed by atoms with Crippen LogP contribution in [0.2, 0.25) is 5.02 Å². The first-order valence-corrected chi connectivity index (χ1v) is 7.57. The van der Waals surface area contributed by atoms with Gasteiger partial charge >= 0.3 is 0 Å². The number of carbonyl (C=O) groups is 1. The van der Waals surface area contributed by atoms with Gasteiger partial charge in [0.05, 0.1) is 17.6 Å². The van der Waals surface area contributed by atoms with Gasteiger partial charge in [-0.15, -0.1) is 0 Å². The first kappa shape index (κ1) is 13.8. The summed E-state index contributed by atoms with van der Waals surface area (Å²) in [5.74, 6) is 0.538. The van der Waals surface area contributed by atoms with Gasteiger partial charge in [0, 0.05) is 15.9 Å². The molecule has 0 spiro atoms. The SMILES string of the molecule is O=C(NCc1nc2ccccc2[nH]1)c1cc2cc(Cl)ccc2[nH]1. The summed E-state index contributed by atoms with van der Waals surface area (Å²) in [5, 5.41) is 4.41. The minimum atomic E-state index is -0.183. The van der Waals surface area contributed by atoms with Crippen molar-refractivity contribution in [3.05, 3.63) is 65.1 Å². The standard InChI is InChI=1S/C17H13ClN4O/c18-11-5-6-12-10(7-11)8-15(20-12)17(23)19-9-16-21-13-3-1-2-4-14(13)22-16/h1-8,20H,9H2,(H,19,23)(H,21,22). The zero-order valence-electron chi connectivity index (χ0n) is 12.1. The van der Waals surface area contributed by atoms with E-state index in [-0.39, 0.29) is 5.91 Å². The molecule has 2 heterocycles. The number of para-hydroxylation sites is 2. The van der Waals surface area contributed by atoms with E-state index in [4.69, 9.17) is 11.6 Å². The van der Waals surface area contributed by atoms with Crippen LogP contribution in [0.3, 0.4) is 0 Å². The molecule has 5 nitrogen and oxygen atoms in total. The molecule has 2 aromatic heterocycles. The Balaban J connectivity index is 1.52. The van der Waals surface area contributed by atoms with Crippen LogP contribution in [0.4, 0.5) is 0 Å². The number of rotatable bonds is 3. The average Bonchev–Trinajstić information content (AvgIpc) is 3.15. The molecule has 1 amide bonds. The number of hydrogen-bond acceptors (Lipinski definition) is 2. The number of carbonyl (C=O) groups excluding carboxylic acids is 1. The molecule has 0 radical (unpaired) electrons. The lowest BCUT2D eigenvalue weighted by Gasteiger charge is -2.00. The Labute approximate surface area is 136 Å². The molecule has 0 atom stereocenters. The number of amides is 1. The normalized spacial score (nSPS) is 11.2. The highest BCUT2D eigenvalue weighted by Crippen LogP contribution is 2.20. The van der Waals surface area contributed by atoms with Crippen LogP contribution in [-0.4, -0.2) is 20.9 Å². The molecule has 3 N–H and O–H groups in total. The Morgan fingerprint density at radius 3 is 2.83 bits per heavy atom. The first-order chi connectivity index (χ1) is 11.2. The predicted octanol–water partition coefficient (Wildman–Crippen LogP) is 3.63. The van der Waals surface area contributed by atoms with Gasteiger partial charge in [-0.25, -0.2) is 4.98 Å². The van der Waals surface area contributed by atoms with Crippen molar-refractivity contribution in [1.82, 2.24) is 20.3 Å². The number of H-pyrrole nitrogens is 2. The molecule has 0 saturated heterocycles. The summed E-state index contributed by atoms with van der Waals surface area (Å²) in [5.41, 5.74) is 3.22. The highest BCUT2D eigenvalue weighted by atomic mass is 35.5. The Morgan fingerprint density at radius 2 is 1.96 bits per heavy atom. The maximum Gasteiger partial charge on any atom is 0.268 e. The molecular weight excluding hydrogens is 312 g/mol. The van der Waals surface area contributed by atoms with E-state index < -0.39 is 0 Å². The third-order valence-electron chi connectivity index (χ3n) is 3.68. The second-order valence-corrected chi connectivity index (χ2v) is 5.73. The number of halogens is 1. The summed E-state index contributed by atoms with van der Waals surface area (Å²) >= 11 is 5.96. The number of aromatic nitrogens is 3. The quantitative estimate of drug-likeness (QED) is 0.538. The summed E-state index contributed by atoms with van der Waals surface area (Å²) < 4.78 is 0.